The smallest absolute Gasteiger partial charge is 0.237 e. The molecular formula is C12H25N3O2. The van der Waals surface area contributed by atoms with E-state index in [2.05, 4.69) is 25.7 Å². The van der Waals surface area contributed by atoms with Crippen molar-refractivity contribution in [1.29, 1.82) is 0 Å². The number of primary amides is 1. The molecule has 1 rings (SSSR count). The number of hydrogen-bond acceptors (Lipinski definition) is 4. The molecule has 0 aromatic heterocycles. The molecule has 1 aliphatic rings. The van der Waals surface area contributed by atoms with Crippen molar-refractivity contribution in [3.63, 3.8) is 0 Å². The van der Waals surface area contributed by atoms with Gasteiger partial charge in [-0.2, -0.15) is 0 Å². The van der Waals surface area contributed by atoms with E-state index in [4.69, 9.17) is 16.2 Å². The third-order valence-electron chi connectivity index (χ3n) is 3.35. The maximum absolute atomic E-state index is 11.2. The maximum atomic E-state index is 11.2. The lowest BCUT2D eigenvalue weighted by Gasteiger charge is -2.40. The van der Waals surface area contributed by atoms with E-state index in [1.165, 1.54) is 0 Å². The number of morpholine rings is 1. The Hall–Kier alpha value is -0.650. The first-order valence-corrected chi connectivity index (χ1v) is 6.20. The molecule has 1 fully saturated rings. The van der Waals surface area contributed by atoms with Gasteiger partial charge in [-0.1, -0.05) is 0 Å². The number of ether oxygens (including phenoxy) is 1. The van der Waals surface area contributed by atoms with Gasteiger partial charge in [0.2, 0.25) is 5.91 Å². The van der Waals surface area contributed by atoms with Gasteiger partial charge in [-0.05, 0) is 34.1 Å². The molecule has 1 amide bonds. The summed E-state index contributed by atoms with van der Waals surface area (Å²) in [5.74, 6) is -0.446. The van der Waals surface area contributed by atoms with Crippen molar-refractivity contribution in [3.05, 3.63) is 0 Å². The van der Waals surface area contributed by atoms with Gasteiger partial charge in [0, 0.05) is 19.1 Å². The molecule has 1 saturated heterocycles. The average Bonchev–Trinajstić information content (AvgIpc) is 2.15. The van der Waals surface area contributed by atoms with Gasteiger partial charge in [0.1, 0.15) is 0 Å². The molecular weight excluding hydrogens is 218 g/mol. The van der Waals surface area contributed by atoms with Crippen molar-refractivity contribution in [1.82, 2.24) is 4.90 Å². The molecule has 1 heterocycles. The Morgan fingerprint density at radius 2 is 1.94 bits per heavy atom. The molecule has 4 N–H and O–H groups in total. The lowest BCUT2D eigenvalue weighted by atomic mass is 9.93. The van der Waals surface area contributed by atoms with Crippen LogP contribution < -0.4 is 11.5 Å². The minimum Gasteiger partial charge on any atom is -0.373 e. The molecule has 17 heavy (non-hydrogen) atoms. The van der Waals surface area contributed by atoms with E-state index in [9.17, 15) is 4.79 Å². The Labute approximate surface area is 103 Å². The normalized spacial score (nSPS) is 31.8. The largest absolute Gasteiger partial charge is 0.373 e. The van der Waals surface area contributed by atoms with Gasteiger partial charge < -0.3 is 16.2 Å². The first-order chi connectivity index (χ1) is 7.72. The zero-order chi connectivity index (χ0) is 13.2. The molecule has 0 spiro atoms. The Morgan fingerprint density at radius 3 is 2.35 bits per heavy atom. The summed E-state index contributed by atoms with van der Waals surface area (Å²) in [5.41, 5.74) is 10.3. The molecule has 2 unspecified atom stereocenters. The number of nitrogens with zero attached hydrogens (tertiary/aromatic N) is 1. The number of carbonyl (C=O) groups is 1. The molecule has 0 aromatic rings. The van der Waals surface area contributed by atoms with Crippen molar-refractivity contribution in [2.45, 2.75) is 57.9 Å². The number of hydrogen-bond donors (Lipinski definition) is 2. The van der Waals surface area contributed by atoms with Crippen LogP contribution in [0.2, 0.25) is 0 Å². The third kappa shape index (κ3) is 3.94. The fourth-order valence-corrected chi connectivity index (χ4v) is 2.42. The fraction of sp³-hybridized carbons (Fsp3) is 0.917. The molecule has 0 aliphatic carbocycles. The topological polar surface area (TPSA) is 81.6 Å². The van der Waals surface area contributed by atoms with Crippen LogP contribution in [0, 0.1) is 0 Å². The van der Waals surface area contributed by atoms with E-state index in [0.29, 0.717) is 6.42 Å². The molecule has 0 radical (unpaired) electrons. The fourth-order valence-electron chi connectivity index (χ4n) is 2.42. The summed E-state index contributed by atoms with van der Waals surface area (Å²) in [6.07, 6.45) is 1.01. The molecule has 100 valence electrons. The van der Waals surface area contributed by atoms with E-state index in [1.807, 2.05) is 0 Å². The lowest BCUT2D eigenvalue weighted by molar-refractivity contribution is -0.124. The number of rotatable bonds is 4. The Morgan fingerprint density at radius 1 is 1.47 bits per heavy atom. The monoisotopic (exact) mass is 243 g/mol. The van der Waals surface area contributed by atoms with Gasteiger partial charge in [-0.25, -0.2) is 0 Å². The summed E-state index contributed by atoms with van der Waals surface area (Å²) in [5, 5.41) is 0. The van der Waals surface area contributed by atoms with Crippen LogP contribution in [0.1, 0.15) is 34.1 Å². The van der Waals surface area contributed by atoms with E-state index >= 15 is 0 Å². The predicted octanol–water partition coefficient (Wildman–Crippen LogP) is 0.0769. The first-order valence-electron chi connectivity index (χ1n) is 6.20. The third-order valence-corrected chi connectivity index (χ3v) is 3.35. The molecule has 0 aromatic carbocycles. The van der Waals surface area contributed by atoms with E-state index in [1.54, 1.807) is 6.92 Å². The van der Waals surface area contributed by atoms with E-state index in [0.717, 1.165) is 13.1 Å². The van der Waals surface area contributed by atoms with Crippen molar-refractivity contribution in [2.24, 2.45) is 11.5 Å². The summed E-state index contributed by atoms with van der Waals surface area (Å²) < 4.78 is 5.68. The highest BCUT2D eigenvalue weighted by atomic mass is 16.5. The van der Waals surface area contributed by atoms with Crippen LogP contribution in [0.15, 0.2) is 0 Å². The highest BCUT2D eigenvalue weighted by Crippen LogP contribution is 2.19. The number of carbonyl (C=O) groups excluding carboxylic acids is 1. The second-order valence-corrected chi connectivity index (χ2v) is 5.55. The van der Waals surface area contributed by atoms with Gasteiger partial charge in [-0.3, -0.25) is 9.69 Å². The van der Waals surface area contributed by atoms with Crippen LogP contribution in [0.5, 0.6) is 0 Å². The first kappa shape index (κ1) is 14.4. The summed E-state index contributed by atoms with van der Waals surface area (Å²) in [4.78, 5) is 13.5. The highest BCUT2D eigenvalue weighted by Gasteiger charge is 2.32. The van der Waals surface area contributed by atoms with Crippen LogP contribution in [-0.2, 0) is 9.53 Å². The van der Waals surface area contributed by atoms with Crippen molar-refractivity contribution >= 4 is 5.91 Å². The van der Waals surface area contributed by atoms with Gasteiger partial charge in [0.25, 0.3) is 0 Å². The van der Waals surface area contributed by atoms with Crippen molar-refractivity contribution in [3.8, 4) is 0 Å². The summed E-state index contributed by atoms with van der Waals surface area (Å²) in [6.45, 7) is 9.65. The van der Waals surface area contributed by atoms with Crippen LogP contribution in [0.25, 0.3) is 0 Å². The van der Waals surface area contributed by atoms with Crippen LogP contribution >= 0.6 is 0 Å². The minimum atomic E-state index is -0.940. The van der Waals surface area contributed by atoms with Crippen LogP contribution in [-0.4, -0.2) is 47.7 Å². The highest BCUT2D eigenvalue weighted by molar-refractivity contribution is 5.83. The second kappa shape index (κ2) is 5.33. The zero-order valence-corrected chi connectivity index (χ0v) is 11.3. The molecule has 0 bridgehead atoms. The van der Waals surface area contributed by atoms with Gasteiger partial charge in [0.05, 0.1) is 17.7 Å². The van der Waals surface area contributed by atoms with Crippen molar-refractivity contribution in [2.75, 3.05) is 13.1 Å². The molecule has 5 nitrogen and oxygen atoms in total. The maximum Gasteiger partial charge on any atom is 0.237 e. The predicted molar refractivity (Wildman–Crippen MR) is 67.4 cm³/mol. The minimum absolute atomic E-state index is 0.221. The Kier molecular flexibility index (Phi) is 4.52. The molecule has 5 heteroatoms. The average molecular weight is 243 g/mol. The number of amides is 1. The van der Waals surface area contributed by atoms with Gasteiger partial charge in [-0.15, -0.1) is 0 Å². The van der Waals surface area contributed by atoms with E-state index < -0.39 is 11.4 Å². The molecule has 4 atom stereocenters. The summed E-state index contributed by atoms with van der Waals surface area (Å²) in [7, 11) is 0. The van der Waals surface area contributed by atoms with Crippen molar-refractivity contribution < 1.29 is 9.53 Å². The molecule has 0 saturated carbocycles. The van der Waals surface area contributed by atoms with Crippen LogP contribution in [0.4, 0.5) is 0 Å². The Balaban J connectivity index is 2.58. The SMILES string of the molecule is CC(CC(C)(N)C(N)=O)N1C[C@@H](C)O[C@@H](C)C1. The summed E-state index contributed by atoms with van der Waals surface area (Å²) >= 11 is 0. The zero-order valence-electron chi connectivity index (χ0n) is 11.3. The van der Waals surface area contributed by atoms with E-state index in [-0.39, 0.29) is 18.2 Å². The standard InChI is InChI=1S/C12H25N3O2/c1-8(5-12(4,14)11(13)16)15-6-9(2)17-10(3)7-15/h8-10H,5-7,14H2,1-4H3,(H2,13,16)/t8?,9-,10+,12?. The molecule has 1 aliphatic heterocycles. The lowest BCUT2D eigenvalue weighted by Crippen LogP contribution is -2.56. The second-order valence-electron chi connectivity index (χ2n) is 5.55. The van der Waals surface area contributed by atoms with Gasteiger partial charge >= 0.3 is 0 Å². The quantitative estimate of drug-likeness (QED) is 0.732. The Bertz CT molecular complexity index is 271. The van der Waals surface area contributed by atoms with Gasteiger partial charge in [0.15, 0.2) is 0 Å². The number of nitrogens with two attached hydrogens (primary N) is 2. The summed E-state index contributed by atoms with van der Waals surface area (Å²) in [6, 6.07) is 0.228. The van der Waals surface area contributed by atoms with Crippen LogP contribution in [0.3, 0.4) is 0 Å².